The number of aromatic nitrogens is 2. The van der Waals surface area contributed by atoms with Gasteiger partial charge in [-0.1, -0.05) is 24.3 Å². The highest BCUT2D eigenvalue weighted by atomic mass is 32.2. The lowest BCUT2D eigenvalue weighted by atomic mass is 9.95. The molecule has 5 rings (SSSR count). The lowest BCUT2D eigenvalue weighted by Crippen LogP contribution is -2.26. The maximum atomic E-state index is 12.5. The smallest absolute Gasteiger partial charge is 0.137 e. The number of likely N-dealkylation sites (N-methyl/N-ethyl adjacent to an activating group) is 1. The van der Waals surface area contributed by atoms with Gasteiger partial charge in [0.2, 0.25) is 0 Å². The summed E-state index contributed by atoms with van der Waals surface area (Å²) in [5.41, 5.74) is 8.18. The Morgan fingerprint density at radius 2 is 1.81 bits per heavy atom. The summed E-state index contributed by atoms with van der Waals surface area (Å²) in [5.74, 6) is 0. The summed E-state index contributed by atoms with van der Waals surface area (Å²) in [4.78, 5) is 11.1. The molecule has 2 aromatic heterocycles. The van der Waals surface area contributed by atoms with E-state index in [9.17, 15) is 4.21 Å². The molecular formula is C25H26N4OS. The molecule has 0 saturated heterocycles. The molecule has 0 spiro atoms. The van der Waals surface area contributed by atoms with E-state index in [1.165, 1.54) is 16.7 Å². The molecule has 3 heterocycles. The highest BCUT2D eigenvalue weighted by Gasteiger charge is 2.15. The molecule has 1 aliphatic heterocycles. The van der Waals surface area contributed by atoms with E-state index < -0.39 is 9.73 Å². The normalized spacial score (nSPS) is 16.1. The molecular weight excluding hydrogens is 404 g/mol. The van der Waals surface area contributed by atoms with E-state index in [0.717, 1.165) is 52.1 Å². The minimum absolute atomic E-state index is 0.747. The largest absolute Gasteiger partial charge is 0.346 e. The molecule has 1 N–H and O–H groups in total. The van der Waals surface area contributed by atoms with Crippen LogP contribution in [0.4, 0.5) is 0 Å². The summed E-state index contributed by atoms with van der Waals surface area (Å²) >= 11 is 0. The first-order valence-electron chi connectivity index (χ1n) is 10.4. The van der Waals surface area contributed by atoms with E-state index in [1.807, 2.05) is 36.7 Å². The van der Waals surface area contributed by atoms with Crippen LogP contribution in [-0.2, 0) is 22.7 Å². The molecule has 4 aromatic rings. The molecule has 0 fully saturated rings. The zero-order chi connectivity index (χ0) is 21.6. The van der Waals surface area contributed by atoms with Gasteiger partial charge in [0.05, 0.1) is 9.73 Å². The molecule has 2 aromatic carbocycles. The van der Waals surface area contributed by atoms with E-state index >= 15 is 0 Å². The molecule has 0 amide bonds. The Morgan fingerprint density at radius 1 is 1.03 bits per heavy atom. The Hall–Kier alpha value is -2.96. The van der Waals surface area contributed by atoms with Crippen LogP contribution in [0.25, 0.3) is 33.3 Å². The van der Waals surface area contributed by atoms with Gasteiger partial charge in [-0.3, -0.25) is 0 Å². The van der Waals surface area contributed by atoms with Gasteiger partial charge in [-0.15, -0.1) is 0 Å². The third-order valence-corrected chi connectivity index (χ3v) is 8.07. The minimum atomic E-state index is -2.33. The number of benzene rings is 2. The van der Waals surface area contributed by atoms with Crippen molar-refractivity contribution in [1.82, 2.24) is 14.9 Å². The fraction of sp³-hybridized carbons (Fsp3) is 0.240. The van der Waals surface area contributed by atoms with E-state index in [-0.39, 0.29) is 0 Å². The van der Waals surface area contributed by atoms with Gasteiger partial charge in [0.15, 0.2) is 0 Å². The van der Waals surface area contributed by atoms with Crippen molar-refractivity contribution >= 4 is 20.8 Å². The Morgan fingerprint density at radius 3 is 2.58 bits per heavy atom. The lowest BCUT2D eigenvalue weighted by molar-refractivity contribution is 0.313. The first-order chi connectivity index (χ1) is 14.9. The number of nitrogens with zero attached hydrogens (tertiary/aromatic N) is 3. The molecule has 5 nitrogen and oxygen atoms in total. The Kier molecular flexibility index (Phi) is 4.91. The molecule has 0 aliphatic carbocycles. The van der Waals surface area contributed by atoms with Crippen LogP contribution in [-0.4, -0.2) is 46.0 Å². The van der Waals surface area contributed by atoms with E-state index in [0.29, 0.717) is 0 Å². The van der Waals surface area contributed by atoms with Crippen LogP contribution < -0.4 is 0 Å². The van der Waals surface area contributed by atoms with Crippen molar-refractivity contribution in [1.29, 1.82) is 0 Å². The van der Waals surface area contributed by atoms with E-state index in [1.54, 1.807) is 13.3 Å². The highest BCUT2D eigenvalue weighted by molar-refractivity contribution is 7.93. The fourth-order valence-corrected chi connectivity index (χ4v) is 5.12. The van der Waals surface area contributed by atoms with Crippen molar-refractivity contribution in [2.45, 2.75) is 17.9 Å². The number of hydrogen-bond donors (Lipinski definition) is 1. The first kappa shape index (κ1) is 20.0. The number of hydrogen-bond acceptors (Lipinski definition) is 4. The van der Waals surface area contributed by atoms with Gasteiger partial charge in [0, 0.05) is 60.2 Å². The van der Waals surface area contributed by atoms with Crippen molar-refractivity contribution in [3.05, 3.63) is 72.1 Å². The lowest BCUT2D eigenvalue weighted by Gasteiger charge is -2.25. The number of nitrogens with one attached hydrogen (secondary N) is 1. The number of H-pyrrole nitrogens is 1. The Bertz CT molecular complexity index is 1400. The summed E-state index contributed by atoms with van der Waals surface area (Å²) in [6.45, 7) is 2.11. The van der Waals surface area contributed by atoms with Crippen LogP contribution in [0.5, 0.6) is 0 Å². The van der Waals surface area contributed by atoms with Crippen LogP contribution in [0.3, 0.4) is 0 Å². The average molecular weight is 431 g/mol. The van der Waals surface area contributed by atoms with Crippen LogP contribution in [0, 0.1) is 0 Å². The second kappa shape index (κ2) is 7.62. The Labute approximate surface area is 183 Å². The quantitative estimate of drug-likeness (QED) is 0.499. The van der Waals surface area contributed by atoms with Gasteiger partial charge in [-0.25, -0.2) is 13.6 Å². The van der Waals surface area contributed by atoms with Gasteiger partial charge in [0.1, 0.15) is 5.65 Å². The molecule has 0 bridgehead atoms. The third-order valence-electron chi connectivity index (χ3n) is 6.22. The van der Waals surface area contributed by atoms with Crippen molar-refractivity contribution in [2.24, 2.45) is 4.36 Å². The average Bonchev–Trinajstić information content (AvgIpc) is 3.22. The maximum absolute atomic E-state index is 12.5. The number of fused-ring (bicyclic) bond motifs is 2. The minimum Gasteiger partial charge on any atom is -0.346 e. The second-order valence-electron chi connectivity index (χ2n) is 8.30. The molecule has 31 heavy (non-hydrogen) atoms. The van der Waals surface area contributed by atoms with Crippen molar-refractivity contribution in [3.63, 3.8) is 0 Å². The predicted molar refractivity (Wildman–Crippen MR) is 128 cm³/mol. The molecule has 0 radical (unpaired) electrons. The SMILES string of the molecule is CN=S(C)(=O)c1ccc(-c2c[nH]c3ncc(-c4ccc5c(c4)CN(C)CC5)cc23)cc1. The molecule has 158 valence electrons. The number of pyridine rings is 1. The van der Waals surface area contributed by atoms with Crippen LogP contribution in [0.15, 0.2) is 70.2 Å². The predicted octanol–water partition coefficient (Wildman–Crippen LogP) is 4.97. The van der Waals surface area contributed by atoms with Gasteiger partial charge < -0.3 is 9.88 Å². The summed E-state index contributed by atoms with van der Waals surface area (Å²) in [7, 11) is 1.44. The van der Waals surface area contributed by atoms with Crippen LogP contribution >= 0.6 is 0 Å². The van der Waals surface area contributed by atoms with Crippen LogP contribution in [0.1, 0.15) is 11.1 Å². The topological polar surface area (TPSA) is 61.4 Å². The van der Waals surface area contributed by atoms with Crippen molar-refractivity contribution in [3.8, 4) is 22.3 Å². The summed E-state index contributed by atoms with van der Waals surface area (Å²) in [5, 5.41) is 1.08. The third kappa shape index (κ3) is 3.66. The van der Waals surface area contributed by atoms with Crippen LogP contribution in [0.2, 0.25) is 0 Å². The zero-order valence-electron chi connectivity index (χ0n) is 18.1. The van der Waals surface area contributed by atoms with Crippen molar-refractivity contribution in [2.75, 3.05) is 26.9 Å². The monoisotopic (exact) mass is 430 g/mol. The summed E-state index contributed by atoms with van der Waals surface area (Å²) in [6, 6.07) is 16.8. The highest BCUT2D eigenvalue weighted by Crippen LogP contribution is 2.32. The Balaban J connectivity index is 1.55. The molecule has 0 saturated carbocycles. The number of aromatic amines is 1. The standard InChI is InChI=1S/C25H26N4OS/c1-26-31(3,30)22-8-6-18(7-9-22)24-15-28-25-23(24)13-20(14-27-25)19-5-4-17-10-11-29(2)16-21(17)12-19/h4-9,12-15H,10-11,16H2,1-3H3,(H,27,28). The molecule has 1 atom stereocenters. The molecule has 1 unspecified atom stereocenters. The van der Waals surface area contributed by atoms with E-state index in [4.69, 9.17) is 0 Å². The fourth-order valence-electron chi connectivity index (χ4n) is 4.27. The maximum Gasteiger partial charge on any atom is 0.137 e. The van der Waals surface area contributed by atoms with Gasteiger partial charge in [-0.05, 0) is 60.0 Å². The number of rotatable bonds is 3. The van der Waals surface area contributed by atoms with Gasteiger partial charge in [-0.2, -0.15) is 0 Å². The van der Waals surface area contributed by atoms with Gasteiger partial charge in [0.25, 0.3) is 0 Å². The molecule has 1 aliphatic rings. The second-order valence-corrected chi connectivity index (χ2v) is 10.7. The first-order valence-corrected chi connectivity index (χ1v) is 12.4. The van der Waals surface area contributed by atoms with E-state index in [2.05, 4.69) is 50.5 Å². The summed E-state index contributed by atoms with van der Waals surface area (Å²) in [6.07, 6.45) is 6.71. The van der Waals surface area contributed by atoms with Gasteiger partial charge >= 0.3 is 0 Å². The summed E-state index contributed by atoms with van der Waals surface area (Å²) < 4.78 is 16.5. The molecule has 6 heteroatoms. The van der Waals surface area contributed by atoms with Crippen molar-refractivity contribution < 1.29 is 4.21 Å². The zero-order valence-corrected chi connectivity index (χ0v) is 18.9.